The van der Waals surface area contributed by atoms with Gasteiger partial charge in [0.15, 0.2) is 0 Å². The zero-order chi connectivity index (χ0) is 18.5. The molecular formula is C17H34BO4P. The molecule has 0 bridgehead atoms. The van der Waals surface area contributed by atoms with Crippen LogP contribution in [-0.2, 0) is 18.3 Å². The molecule has 0 aromatic heterocycles. The van der Waals surface area contributed by atoms with Crippen molar-refractivity contribution in [2.75, 3.05) is 6.66 Å². The smallest absolute Gasteiger partial charge is 0.328 e. The molecule has 1 saturated heterocycles. The molecule has 4 atom stereocenters. The van der Waals surface area contributed by atoms with E-state index in [0.717, 1.165) is 6.42 Å². The summed E-state index contributed by atoms with van der Waals surface area (Å²) in [5.74, 6) is 0.384. The lowest BCUT2D eigenvalue weighted by Crippen LogP contribution is -2.57. The number of rotatable bonds is 6. The Morgan fingerprint density at radius 1 is 1.09 bits per heavy atom. The van der Waals surface area contributed by atoms with Crippen LogP contribution in [0.15, 0.2) is 0 Å². The molecule has 1 unspecified atom stereocenters. The SMILES string of the molecule is [B][C@]1(C)O[C@](C)(CC(C)C)[C@](C)(OP(C)(=O)OC(C)C)C1(C)C. The van der Waals surface area contributed by atoms with Crippen molar-refractivity contribution in [2.24, 2.45) is 11.3 Å². The number of hydrogen-bond acceptors (Lipinski definition) is 4. The van der Waals surface area contributed by atoms with Gasteiger partial charge in [0, 0.05) is 17.6 Å². The molecule has 1 fully saturated rings. The lowest BCUT2D eigenvalue weighted by atomic mass is 9.56. The zero-order valence-electron chi connectivity index (χ0n) is 16.5. The first-order chi connectivity index (χ1) is 10.00. The van der Waals surface area contributed by atoms with Crippen LogP contribution in [0.2, 0.25) is 0 Å². The largest absolute Gasteiger partial charge is 0.375 e. The predicted octanol–water partition coefficient (Wildman–Crippen LogP) is 4.76. The highest BCUT2D eigenvalue weighted by molar-refractivity contribution is 7.53. The summed E-state index contributed by atoms with van der Waals surface area (Å²) in [5.41, 5.74) is -2.98. The van der Waals surface area contributed by atoms with E-state index in [4.69, 9.17) is 21.6 Å². The van der Waals surface area contributed by atoms with Gasteiger partial charge >= 0.3 is 7.60 Å². The van der Waals surface area contributed by atoms with Gasteiger partial charge < -0.3 is 9.26 Å². The highest BCUT2D eigenvalue weighted by Gasteiger charge is 2.70. The van der Waals surface area contributed by atoms with E-state index >= 15 is 0 Å². The molecule has 1 aliphatic heterocycles. The fraction of sp³-hybridized carbons (Fsp3) is 1.00. The molecule has 0 aliphatic carbocycles. The van der Waals surface area contributed by atoms with Crippen molar-refractivity contribution in [2.45, 2.75) is 91.5 Å². The fourth-order valence-corrected chi connectivity index (χ4v) is 5.68. The van der Waals surface area contributed by atoms with Gasteiger partial charge in [0.25, 0.3) is 0 Å². The third-order valence-electron chi connectivity index (χ3n) is 5.43. The maximum atomic E-state index is 12.9. The van der Waals surface area contributed by atoms with Gasteiger partial charge in [-0.15, -0.1) is 0 Å². The molecule has 0 spiro atoms. The van der Waals surface area contributed by atoms with Crippen molar-refractivity contribution < 1.29 is 18.3 Å². The van der Waals surface area contributed by atoms with Crippen LogP contribution in [0.5, 0.6) is 0 Å². The highest BCUT2D eigenvalue weighted by atomic mass is 31.2. The van der Waals surface area contributed by atoms with Crippen molar-refractivity contribution in [3.8, 4) is 0 Å². The topological polar surface area (TPSA) is 44.8 Å². The Morgan fingerprint density at radius 3 is 1.96 bits per heavy atom. The Labute approximate surface area is 144 Å². The Morgan fingerprint density at radius 2 is 1.57 bits per heavy atom. The van der Waals surface area contributed by atoms with Crippen molar-refractivity contribution in [1.82, 2.24) is 0 Å². The standard InChI is InChI=1S/C17H34BO4P/c1-12(2)11-15(7)16(8,14(5,6)17(9,18)21-15)22-23(10,19)20-13(3)4/h12-13H,11H2,1-10H3/t15-,16-,17-,23?/m1/s1. The first-order valence-electron chi connectivity index (χ1n) is 8.45. The van der Waals surface area contributed by atoms with Gasteiger partial charge in [0.05, 0.1) is 11.7 Å². The minimum absolute atomic E-state index is 0.180. The molecule has 1 aliphatic rings. The lowest BCUT2D eigenvalue weighted by molar-refractivity contribution is -0.125. The summed E-state index contributed by atoms with van der Waals surface area (Å²) in [7, 11) is 3.21. The summed E-state index contributed by atoms with van der Waals surface area (Å²) >= 11 is 0. The maximum Gasteiger partial charge on any atom is 0.328 e. The molecule has 23 heavy (non-hydrogen) atoms. The monoisotopic (exact) mass is 344 g/mol. The van der Waals surface area contributed by atoms with Crippen LogP contribution in [0.25, 0.3) is 0 Å². The van der Waals surface area contributed by atoms with E-state index in [1.807, 2.05) is 48.5 Å². The lowest BCUT2D eigenvalue weighted by Gasteiger charge is -2.48. The van der Waals surface area contributed by atoms with Gasteiger partial charge in [-0.05, 0) is 47.0 Å². The van der Waals surface area contributed by atoms with Crippen LogP contribution in [0.3, 0.4) is 0 Å². The Hall–Kier alpha value is 0.175. The molecule has 0 aromatic rings. The number of hydrogen-bond donors (Lipinski definition) is 0. The van der Waals surface area contributed by atoms with Crippen LogP contribution in [-0.4, -0.2) is 37.3 Å². The second kappa shape index (κ2) is 6.16. The molecule has 0 N–H and O–H groups in total. The van der Waals surface area contributed by atoms with Crippen molar-refractivity contribution in [3.05, 3.63) is 0 Å². The normalized spacial score (nSPS) is 39.8. The molecule has 0 amide bonds. The average Bonchev–Trinajstić information content (AvgIpc) is 2.30. The van der Waals surface area contributed by atoms with E-state index in [0.29, 0.717) is 5.92 Å². The molecule has 1 rings (SSSR count). The molecular weight excluding hydrogens is 310 g/mol. The van der Waals surface area contributed by atoms with Crippen LogP contribution in [0.4, 0.5) is 0 Å². The molecule has 134 valence electrons. The fourth-order valence-electron chi connectivity index (χ4n) is 3.79. The van der Waals surface area contributed by atoms with E-state index in [1.165, 1.54) is 6.66 Å². The van der Waals surface area contributed by atoms with Crippen LogP contribution in [0.1, 0.15) is 68.7 Å². The van der Waals surface area contributed by atoms with Crippen LogP contribution < -0.4 is 0 Å². The second-order valence-electron chi connectivity index (χ2n) is 8.71. The van der Waals surface area contributed by atoms with E-state index in [1.54, 1.807) is 0 Å². The summed E-state index contributed by atoms with van der Waals surface area (Å²) < 4.78 is 31.0. The minimum Gasteiger partial charge on any atom is -0.375 e. The number of ether oxygens (including phenoxy) is 1. The summed E-state index contributed by atoms with van der Waals surface area (Å²) in [4.78, 5) is 0. The quantitative estimate of drug-likeness (QED) is 0.515. The van der Waals surface area contributed by atoms with Gasteiger partial charge in [-0.1, -0.05) is 27.7 Å². The van der Waals surface area contributed by atoms with Gasteiger partial charge in [-0.25, -0.2) is 0 Å². The van der Waals surface area contributed by atoms with Gasteiger partial charge in [0.1, 0.15) is 13.4 Å². The average molecular weight is 344 g/mol. The van der Waals surface area contributed by atoms with E-state index in [2.05, 4.69) is 13.8 Å². The van der Waals surface area contributed by atoms with E-state index in [9.17, 15) is 4.57 Å². The first-order valence-corrected chi connectivity index (χ1v) is 10.4. The van der Waals surface area contributed by atoms with Gasteiger partial charge in [0.2, 0.25) is 0 Å². The molecule has 0 saturated carbocycles. The highest BCUT2D eigenvalue weighted by Crippen LogP contribution is 2.65. The Bertz CT molecular complexity index is 489. The van der Waals surface area contributed by atoms with Crippen molar-refractivity contribution >= 4 is 15.4 Å². The van der Waals surface area contributed by atoms with E-state index < -0.39 is 29.7 Å². The van der Waals surface area contributed by atoms with E-state index in [-0.39, 0.29) is 6.10 Å². The molecule has 4 nitrogen and oxygen atoms in total. The van der Waals surface area contributed by atoms with Crippen LogP contribution in [0, 0.1) is 11.3 Å². The van der Waals surface area contributed by atoms with Crippen molar-refractivity contribution in [3.63, 3.8) is 0 Å². The maximum absolute atomic E-state index is 12.9. The summed E-state index contributed by atoms with van der Waals surface area (Å²) in [5, 5.41) is 0. The second-order valence-corrected chi connectivity index (χ2v) is 10.6. The summed E-state index contributed by atoms with van der Waals surface area (Å²) in [6.07, 6.45) is 0.571. The zero-order valence-corrected chi connectivity index (χ0v) is 17.4. The summed E-state index contributed by atoms with van der Waals surface area (Å²) in [6.45, 7) is 19.3. The Kier molecular flexibility index (Phi) is 5.68. The molecule has 6 heteroatoms. The molecule has 0 aromatic carbocycles. The van der Waals surface area contributed by atoms with Gasteiger partial charge in [-0.3, -0.25) is 9.09 Å². The predicted molar refractivity (Wildman–Crippen MR) is 96.1 cm³/mol. The first kappa shape index (κ1) is 21.2. The molecule has 2 radical (unpaired) electrons. The van der Waals surface area contributed by atoms with Crippen LogP contribution >= 0.6 is 7.60 Å². The van der Waals surface area contributed by atoms with Gasteiger partial charge in [-0.2, -0.15) is 0 Å². The third-order valence-corrected chi connectivity index (χ3v) is 6.93. The molecule has 1 heterocycles. The third kappa shape index (κ3) is 3.73. The van der Waals surface area contributed by atoms with Crippen molar-refractivity contribution in [1.29, 1.82) is 0 Å². The summed E-state index contributed by atoms with van der Waals surface area (Å²) in [6, 6.07) is 0. The minimum atomic E-state index is -3.26. The Balaban J connectivity index is 3.36.